The third-order valence-corrected chi connectivity index (χ3v) is 2.74. The highest BCUT2D eigenvalue weighted by Gasteiger charge is 2.33. The summed E-state index contributed by atoms with van der Waals surface area (Å²) in [7, 11) is 0. The molecule has 0 radical (unpaired) electrons. The maximum Gasteiger partial charge on any atom is 0.417 e. The van der Waals surface area contributed by atoms with Gasteiger partial charge < -0.3 is 9.26 Å². The van der Waals surface area contributed by atoms with E-state index in [9.17, 15) is 18.0 Å². The first-order chi connectivity index (χ1) is 9.82. The van der Waals surface area contributed by atoms with E-state index in [-0.39, 0.29) is 18.0 Å². The van der Waals surface area contributed by atoms with Crippen molar-refractivity contribution in [3.8, 4) is 11.4 Å². The van der Waals surface area contributed by atoms with Crippen LogP contribution < -0.4 is 0 Å². The molecular weight excluding hydrogens is 313 g/mol. The van der Waals surface area contributed by atoms with Crippen molar-refractivity contribution >= 4 is 17.6 Å². The molecule has 21 heavy (non-hydrogen) atoms. The van der Waals surface area contributed by atoms with Gasteiger partial charge in [-0.05, 0) is 25.1 Å². The second-order valence-corrected chi connectivity index (χ2v) is 4.24. The molecule has 0 bridgehead atoms. The third kappa shape index (κ3) is 3.33. The van der Waals surface area contributed by atoms with E-state index in [1.165, 1.54) is 6.07 Å². The first kappa shape index (κ1) is 15.3. The van der Waals surface area contributed by atoms with Crippen LogP contribution in [0.25, 0.3) is 11.4 Å². The highest BCUT2D eigenvalue weighted by molar-refractivity contribution is 6.31. The fourth-order valence-electron chi connectivity index (χ4n) is 1.50. The Morgan fingerprint density at radius 1 is 1.43 bits per heavy atom. The molecule has 1 heterocycles. The van der Waals surface area contributed by atoms with Crippen LogP contribution in [-0.2, 0) is 10.9 Å². The summed E-state index contributed by atoms with van der Waals surface area (Å²) in [5, 5.41) is 3.00. The molecule has 0 aliphatic carbocycles. The molecule has 9 heteroatoms. The molecular formula is C12H8ClF3N2O3. The smallest absolute Gasteiger partial charge is 0.417 e. The first-order valence-electron chi connectivity index (χ1n) is 5.71. The van der Waals surface area contributed by atoms with Crippen LogP contribution in [0.15, 0.2) is 22.7 Å². The van der Waals surface area contributed by atoms with Gasteiger partial charge >= 0.3 is 18.0 Å². The Morgan fingerprint density at radius 2 is 2.14 bits per heavy atom. The zero-order chi connectivity index (χ0) is 15.6. The Labute approximate surface area is 121 Å². The van der Waals surface area contributed by atoms with E-state index in [1.54, 1.807) is 6.92 Å². The molecule has 0 amide bonds. The number of hydrogen-bond donors (Lipinski definition) is 0. The molecule has 1 aromatic heterocycles. The van der Waals surface area contributed by atoms with Crippen molar-refractivity contribution in [2.75, 3.05) is 6.61 Å². The van der Waals surface area contributed by atoms with E-state index in [1.807, 2.05) is 0 Å². The SMILES string of the molecule is CCOC(=O)c1nc(-c2ccc(Cl)c(C(F)(F)F)c2)no1. The summed E-state index contributed by atoms with van der Waals surface area (Å²) in [6.07, 6.45) is -4.61. The minimum atomic E-state index is -4.61. The zero-order valence-corrected chi connectivity index (χ0v) is 11.3. The molecule has 0 saturated carbocycles. The standard InChI is InChI=1S/C12H8ClF3N2O3/c1-2-20-11(19)10-17-9(18-21-10)6-3-4-8(13)7(5-6)12(14,15)16/h3-5H,2H2,1H3. The van der Waals surface area contributed by atoms with Crippen LogP contribution in [0, 0.1) is 0 Å². The number of ether oxygens (including phenoxy) is 1. The number of hydrogen-bond acceptors (Lipinski definition) is 5. The van der Waals surface area contributed by atoms with Gasteiger partial charge in [0.25, 0.3) is 0 Å². The van der Waals surface area contributed by atoms with Crippen LogP contribution in [-0.4, -0.2) is 22.7 Å². The Balaban J connectivity index is 2.37. The van der Waals surface area contributed by atoms with E-state index < -0.39 is 28.6 Å². The van der Waals surface area contributed by atoms with Gasteiger partial charge in [-0.1, -0.05) is 16.8 Å². The molecule has 112 valence electrons. The normalized spacial score (nSPS) is 11.5. The quantitative estimate of drug-likeness (QED) is 0.809. The van der Waals surface area contributed by atoms with Crippen LogP contribution in [0.3, 0.4) is 0 Å². The van der Waals surface area contributed by atoms with E-state index in [0.29, 0.717) is 0 Å². The van der Waals surface area contributed by atoms with E-state index in [0.717, 1.165) is 12.1 Å². The van der Waals surface area contributed by atoms with Gasteiger partial charge in [-0.25, -0.2) is 4.79 Å². The molecule has 0 unspecified atom stereocenters. The minimum Gasteiger partial charge on any atom is -0.459 e. The lowest BCUT2D eigenvalue weighted by molar-refractivity contribution is -0.137. The van der Waals surface area contributed by atoms with Crippen LogP contribution in [0.5, 0.6) is 0 Å². The molecule has 5 nitrogen and oxygen atoms in total. The van der Waals surface area contributed by atoms with Gasteiger partial charge in [-0.15, -0.1) is 0 Å². The van der Waals surface area contributed by atoms with Crippen LogP contribution in [0.4, 0.5) is 13.2 Å². The number of aromatic nitrogens is 2. The summed E-state index contributed by atoms with van der Waals surface area (Å²) in [4.78, 5) is 15.0. The van der Waals surface area contributed by atoms with Gasteiger partial charge in [0.15, 0.2) is 0 Å². The molecule has 0 aliphatic rings. The number of carbonyl (C=O) groups excluding carboxylic acids is 1. The number of benzene rings is 1. The lowest BCUT2D eigenvalue weighted by atomic mass is 10.1. The second-order valence-electron chi connectivity index (χ2n) is 3.84. The van der Waals surface area contributed by atoms with Crippen molar-refractivity contribution in [2.45, 2.75) is 13.1 Å². The Morgan fingerprint density at radius 3 is 2.76 bits per heavy atom. The van der Waals surface area contributed by atoms with Crippen molar-refractivity contribution in [1.29, 1.82) is 0 Å². The minimum absolute atomic E-state index is 0.0195. The van der Waals surface area contributed by atoms with Crippen molar-refractivity contribution in [1.82, 2.24) is 10.1 Å². The summed E-state index contributed by atoms with van der Waals surface area (Å²) in [5.41, 5.74) is -1.00. The summed E-state index contributed by atoms with van der Waals surface area (Å²) in [5.74, 6) is -1.45. The van der Waals surface area contributed by atoms with Crippen LogP contribution >= 0.6 is 11.6 Å². The predicted molar refractivity (Wildman–Crippen MR) is 65.7 cm³/mol. The largest absolute Gasteiger partial charge is 0.459 e. The van der Waals surface area contributed by atoms with Gasteiger partial charge in [0, 0.05) is 5.56 Å². The first-order valence-corrected chi connectivity index (χ1v) is 6.08. The van der Waals surface area contributed by atoms with Gasteiger partial charge in [0.2, 0.25) is 5.82 Å². The fourth-order valence-corrected chi connectivity index (χ4v) is 1.72. The average Bonchev–Trinajstić information content (AvgIpc) is 2.88. The Bertz CT molecular complexity index is 670. The second kappa shape index (κ2) is 5.72. The van der Waals surface area contributed by atoms with Crippen molar-refractivity contribution < 1.29 is 27.2 Å². The molecule has 0 saturated heterocycles. The third-order valence-electron chi connectivity index (χ3n) is 2.41. The maximum atomic E-state index is 12.8. The molecule has 2 aromatic rings. The number of nitrogens with zero attached hydrogens (tertiary/aromatic N) is 2. The predicted octanol–water partition coefficient (Wildman–Crippen LogP) is 3.59. The zero-order valence-electron chi connectivity index (χ0n) is 10.6. The molecule has 1 aromatic carbocycles. The molecule has 0 spiro atoms. The Hall–Kier alpha value is -2.09. The summed E-state index contributed by atoms with van der Waals surface area (Å²) >= 11 is 5.51. The summed E-state index contributed by atoms with van der Waals surface area (Å²) in [6.45, 7) is 1.69. The molecule has 0 aliphatic heterocycles. The lowest BCUT2D eigenvalue weighted by Gasteiger charge is -2.09. The van der Waals surface area contributed by atoms with Crippen molar-refractivity contribution in [3.63, 3.8) is 0 Å². The number of carbonyl (C=O) groups is 1. The lowest BCUT2D eigenvalue weighted by Crippen LogP contribution is -2.06. The van der Waals surface area contributed by atoms with Crippen LogP contribution in [0.1, 0.15) is 23.2 Å². The average molecular weight is 321 g/mol. The van der Waals surface area contributed by atoms with E-state index >= 15 is 0 Å². The molecule has 2 rings (SSSR count). The highest BCUT2D eigenvalue weighted by atomic mass is 35.5. The monoisotopic (exact) mass is 320 g/mol. The fraction of sp³-hybridized carbons (Fsp3) is 0.250. The van der Waals surface area contributed by atoms with E-state index in [2.05, 4.69) is 19.4 Å². The molecule has 0 atom stereocenters. The van der Waals surface area contributed by atoms with Gasteiger partial charge in [0.05, 0.1) is 17.2 Å². The van der Waals surface area contributed by atoms with Gasteiger partial charge in [-0.3, -0.25) is 0 Å². The van der Waals surface area contributed by atoms with Crippen LogP contribution in [0.2, 0.25) is 5.02 Å². The topological polar surface area (TPSA) is 65.2 Å². The summed E-state index contributed by atoms with van der Waals surface area (Å²) in [6, 6.07) is 3.14. The Kier molecular flexibility index (Phi) is 4.17. The van der Waals surface area contributed by atoms with Crippen molar-refractivity contribution in [2.24, 2.45) is 0 Å². The van der Waals surface area contributed by atoms with E-state index in [4.69, 9.17) is 11.6 Å². The summed E-state index contributed by atoms with van der Waals surface area (Å²) < 4.78 is 47.5. The van der Waals surface area contributed by atoms with Crippen molar-refractivity contribution in [3.05, 3.63) is 34.7 Å². The number of alkyl halides is 3. The van der Waals surface area contributed by atoms with Gasteiger partial charge in [-0.2, -0.15) is 18.2 Å². The maximum absolute atomic E-state index is 12.8. The number of esters is 1. The molecule has 0 fully saturated rings. The number of halogens is 4. The number of rotatable bonds is 3. The molecule has 0 N–H and O–H groups in total. The highest BCUT2D eigenvalue weighted by Crippen LogP contribution is 2.36. The van der Waals surface area contributed by atoms with Gasteiger partial charge in [0.1, 0.15) is 0 Å².